The second-order valence-electron chi connectivity index (χ2n) is 6.15. The van der Waals surface area contributed by atoms with Crippen LogP contribution >= 0.6 is 0 Å². The van der Waals surface area contributed by atoms with E-state index < -0.39 is 0 Å². The fraction of sp³-hybridized carbons (Fsp3) is 0.318. The van der Waals surface area contributed by atoms with Crippen molar-refractivity contribution in [1.82, 2.24) is 0 Å². The smallest absolute Gasteiger partial charge is 0.119 e. The highest BCUT2D eigenvalue weighted by Gasteiger charge is 2.04. The van der Waals surface area contributed by atoms with Gasteiger partial charge in [0.1, 0.15) is 18.1 Å². The fourth-order valence-electron chi connectivity index (χ4n) is 2.52. The third kappa shape index (κ3) is 5.74. The summed E-state index contributed by atoms with van der Waals surface area (Å²) in [6, 6.07) is 15.8. The summed E-state index contributed by atoms with van der Waals surface area (Å²) >= 11 is 0. The van der Waals surface area contributed by atoms with Crippen LogP contribution in [0.2, 0.25) is 0 Å². The van der Waals surface area contributed by atoms with Crippen molar-refractivity contribution in [3.05, 3.63) is 65.7 Å². The van der Waals surface area contributed by atoms with Gasteiger partial charge in [0.25, 0.3) is 0 Å². The first kappa shape index (κ1) is 18.2. The van der Waals surface area contributed by atoms with E-state index in [1.165, 1.54) is 5.57 Å². The number of ether oxygens (including phenoxy) is 3. The summed E-state index contributed by atoms with van der Waals surface area (Å²) in [6.45, 7) is 4.94. The summed E-state index contributed by atoms with van der Waals surface area (Å²) in [7, 11) is 0. The Morgan fingerprint density at radius 1 is 1.00 bits per heavy atom. The molecule has 0 saturated carbocycles. The number of rotatable bonds is 8. The molecule has 0 bridgehead atoms. The van der Waals surface area contributed by atoms with E-state index in [2.05, 4.69) is 18.0 Å². The van der Waals surface area contributed by atoms with Crippen LogP contribution in [0.1, 0.15) is 25.3 Å². The van der Waals surface area contributed by atoms with Gasteiger partial charge in [-0.25, -0.2) is 0 Å². The first-order valence-corrected chi connectivity index (χ1v) is 9.09. The quantitative estimate of drug-likeness (QED) is 0.499. The van der Waals surface area contributed by atoms with E-state index in [1.807, 2.05) is 54.7 Å². The summed E-state index contributed by atoms with van der Waals surface area (Å²) in [5, 5.41) is 0. The molecule has 0 unspecified atom stereocenters. The standard InChI is InChI=1S/C22H25NO3/c1-2-13-25-21-9-5-20(6-10-21)23-16-18-3-7-22(8-4-18)26-17-19-11-14-24-15-12-19/h3-11,16H,2,12-15,17H2,1H3. The van der Waals surface area contributed by atoms with Crippen molar-refractivity contribution in [2.75, 3.05) is 26.4 Å². The highest BCUT2D eigenvalue weighted by Crippen LogP contribution is 2.19. The van der Waals surface area contributed by atoms with Crippen molar-refractivity contribution in [3.8, 4) is 11.5 Å². The molecular weight excluding hydrogens is 326 g/mol. The van der Waals surface area contributed by atoms with Crippen LogP contribution in [0.5, 0.6) is 11.5 Å². The highest BCUT2D eigenvalue weighted by molar-refractivity contribution is 5.82. The zero-order valence-corrected chi connectivity index (χ0v) is 15.2. The molecule has 0 saturated heterocycles. The van der Waals surface area contributed by atoms with Crippen molar-refractivity contribution >= 4 is 11.9 Å². The van der Waals surface area contributed by atoms with E-state index in [0.29, 0.717) is 13.2 Å². The molecule has 0 amide bonds. The lowest BCUT2D eigenvalue weighted by Crippen LogP contribution is -2.10. The molecule has 1 aliphatic heterocycles. The molecule has 2 aromatic rings. The van der Waals surface area contributed by atoms with Crippen molar-refractivity contribution in [2.24, 2.45) is 4.99 Å². The molecule has 0 spiro atoms. The molecule has 0 radical (unpaired) electrons. The van der Waals surface area contributed by atoms with Crippen LogP contribution in [-0.4, -0.2) is 32.6 Å². The molecule has 0 atom stereocenters. The van der Waals surface area contributed by atoms with E-state index in [0.717, 1.165) is 48.8 Å². The Morgan fingerprint density at radius 3 is 2.42 bits per heavy atom. The number of nitrogens with zero attached hydrogens (tertiary/aromatic N) is 1. The Morgan fingerprint density at radius 2 is 1.73 bits per heavy atom. The largest absolute Gasteiger partial charge is 0.494 e. The number of hydrogen-bond donors (Lipinski definition) is 0. The van der Waals surface area contributed by atoms with E-state index in [-0.39, 0.29) is 0 Å². The predicted molar refractivity (Wildman–Crippen MR) is 105 cm³/mol. The molecule has 4 nitrogen and oxygen atoms in total. The SMILES string of the molecule is CCCOc1ccc(N=Cc2ccc(OCC3=CCOCC3)cc2)cc1. The van der Waals surface area contributed by atoms with Crippen molar-refractivity contribution in [1.29, 1.82) is 0 Å². The maximum absolute atomic E-state index is 5.83. The van der Waals surface area contributed by atoms with Crippen molar-refractivity contribution < 1.29 is 14.2 Å². The molecule has 1 aliphatic rings. The zero-order chi connectivity index (χ0) is 18.0. The van der Waals surface area contributed by atoms with Crippen LogP contribution in [0.25, 0.3) is 0 Å². The van der Waals surface area contributed by atoms with Crippen LogP contribution in [0.4, 0.5) is 5.69 Å². The van der Waals surface area contributed by atoms with E-state index in [1.54, 1.807) is 0 Å². The van der Waals surface area contributed by atoms with Gasteiger partial charge in [-0.1, -0.05) is 13.0 Å². The van der Waals surface area contributed by atoms with Crippen LogP contribution < -0.4 is 9.47 Å². The van der Waals surface area contributed by atoms with Crippen molar-refractivity contribution in [2.45, 2.75) is 19.8 Å². The molecule has 1 heterocycles. The van der Waals surface area contributed by atoms with Gasteiger partial charge in [0.05, 0.1) is 25.5 Å². The molecule has 0 fully saturated rings. The lowest BCUT2D eigenvalue weighted by Gasteiger charge is -2.14. The average molecular weight is 351 g/mol. The third-order valence-corrected chi connectivity index (χ3v) is 4.03. The molecule has 0 aromatic heterocycles. The van der Waals surface area contributed by atoms with Crippen LogP contribution in [-0.2, 0) is 4.74 Å². The number of aliphatic imine (C=N–C) groups is 1. The fourth-order valence-corrected chi connectivity index (χ4v) is 2.52. The summed E-state index contributed by atoms with van der Waals surface area (Å²) in [4.78, 5) is 4.50. The molecule has 26 heavy (non-hydrogen) atoms. The molecule has 136 valence electrons. The minimum Gasteiger partial charge on any atom is -0.494 e. The van der Waals surface area contributed by atoms with E-state index >= 15 is 0 Å². The highest BCUT2D eigenvalue weighted by atomic mass is 16.5. The Hall–Kier alpha value is -2.59. The predicted octanol–water partition coefficient (Wildman–Crippen LogP) is 4.95. The summed E-state index contributed by atoms with van der Waals surface area (Å²) in [5.74, 6) is 1.75. The summed E-state index contributed by atoms with van der Waals surface area (Å²) in [5.41, 5.74) is 3.24. The maximum atomic E-state index is 5.83. The Bertz CT molecular complexity index is 733. The number of hydrogen-bond acceptors (Lipinski definition) is 4. The topological polar surface area (TPSA) is 40.0 Å². The van der Waals surface area contributed by atoms with Gasteiger partial charge in [-0.05, 0) is 72.5 Å². The molecule has 3 rings (SSSR count). The van der Waals surface area contributed by atoms with Gasteiger partial charge in [0.2, 0.25) is 0 Å². The van der Waals surface area contributed by atoms with Gasteiger partial charge in [0.15, 0.2) is 0 Å². The molecule has 0 N–H and O–H groups in total. The van der Waals surface area contributed by atoms with Gasteiger partial charge in [-0.2, -0.15) is 0 Å². The van der Waals surface area contributed by atoms with Crippen LogP contribution in [0.15, 0.2) is 65.2 Å². The molecule has 4 heteroatoms. The third-order valence-electron chi connectivity index (χ3n) is 4.03. The van der Waals surface area contributed by atoms with E-state index in [4.69, 9.17) is 14.2 Å². The number of benzene rings is 2. The van der Waals surface area contributed by atoms with Gasteiger partial charge in [-0.3, -0.25) is 4.99 Å². The second-order valence-corrected chi connectivity index (χ2v) is 6.15. The first-order chi connectivity index (χ1) is 12.8. The maximum Gasteiger partial charge on any atom is 0.119 e. The molecule has 0 aliphatic carbocycles. The molecular formula is C22H25NO3. The second kappa shape index (κ2) is 9.78. The summed E-state index contributed by atoms with van der Waals surface area (Å²) in [6.07, 6.45) is 5.91. The first-order valence-electron chi connectivity index (χ1n) is 9.09. The minimum absolute atomic E-state index is 0.628. The normalized spacial score (nSPS) is 14.3. The van der Waals surface area contributed by atoms with Gasteiger partial charge in [0, 0.05) is 6.21 Å². The summed E-state index contributed by atoms with van der Waals surface area (Å²) < 4.78 is 16.7. The lowest BCUT2D eigenvalue weighted by molar-refractivity contribution is 0.150. The van der Waals surface area contributed by atoms with Crippen LogP contribution in [0, 0.1) is 0 Å². The Balaban J connectivity index is 1.51. The lowest BCUT2D eigenvalue weighted by atomic mass is 10.2. The minimum atomic E-state index is 0.628. The molecule has 2 aromatic carbocycles. The van der Waals surface area contributed by atoms with Gasteiger partial charge >= 0.3 is 0 Å². The van der Waals surface area contributed by atoms with Gasteiger partial charge in [-0.15, -0.1) is 0 Å². The monoisotopic (exact) mass is 351 g/mol. The zero-order valence-electron chi connectivity index (χ0n) is 15.2. The van der Waals surface area contributed by atoms with Crippen molar-refractivity contribution in [3.63, 3.8) is 0 Å². The average Bonchev–Trinajstić information content (AvgIpc) is 2.71. The Labute approximate surface area is 155 Å². The Kier molecular flexibility index (Phi) is 6.85. The van der Waals surface area contributed by atoms with E-state index in [9.17, 15) is 0 Å². The van der Waals surface area contributed by atoms with Gasteiger partial charge < -0.3 is 14.2 Å². The van der Waals surface area contributed by atoms with Crippen LogP contribution in [0.3, 0.4) is 0 Å².